The summed E-state index contributed by atoms with van der Waals surface area (Å²) < 4.78 is 42.6. The molecule has 0 aliphatic heterocycles. The van der Waals surface area contributed by atoms with Crippen molar-refractivity contribution in [2.24, 2.45) is 0 Å². The molecule has 3 rings (SSSR count). The van der Waals surface area contributed by atoms with E-state index in [2.05, 4.69) is 4.98 Å². The highest BCUT2D eigenvalue weighted by molar-refractivity contribution is 7.90. The maximum Gasteiger partial charge on any atom is 0.271 e. The molecular formula is C18H18N2O6S. The molecule has 9 heteroatoms. The summed E-state index contributed by atoms with van der Waals surface area (Å²) in [7, 11) is -1.42. The first-order valence-corrected chi connectivity index (χ1v) is 9.39. The maximum absolute atomic E-state index is 12.5. The van der Waals surface area contributed by atoms with Gasteiger partial charge in [-0.15, -0.1) is 0 Å². The van der Waals surface area contributed by atoms with Gasteiger partial charge < -0.3 is 19.2 Å². The zero-order valence-corrected chi connectivity index (χ0v) is 15.5. The molecule has 0 saturated carbocycles. The molecule has 1 amide bonds. The lowest BCUT2D eigenvalue weighted by Gasteiger charge is -2.12. The van der Waals surface area contributed by atoms with Crippen LogP contribution in [0, 0.1) is 0 Å². The number of rotatable bonds is 7. The number of aromatic nitrogens is 1. The van der Waals surface area contributed by atoms with Gasteiger partial charge in [-0.25, -0.2) is 13.1 Å². The fourth-order valence-electron chi connectivity index (χ4n) is 2.55. The van der Waals surface area contributed by atoms with Crippen molar-refractivity contribution in [3.05, 3.63) is 48.7 Å². The van der Waals surface area contributed by atoms with Crippen LogP contribution in [0.15, 0.2) is 53.6 Å². The normalized spacial score (nSPS) is 11.2. The third-order valence-electron chi connectivity index (χ3n) is 3.82. The average molecular weight is 390 g/mol. The predicted molar refractivity (Wildman–Crippen MR) is 98.7 cm³/mol. The highest BCUT2D eigenvalue weighted by atomic mass is 32.2. The molecule has 1 aromatic heterocycles. The van der Waals surface area contributed by atoms with E-state index in [-0.39, 0.29) is 10.6 Å². The van der Waals surface area contributed by atoms with Crippen LogP contribution in [0.5, 0.6) is 17.2 Å². The highest BCUT2D eigenvalue weighted by Crippen LogP contribution is 2.28. The lowest BCUT2D eigenvalue weighted by atomic mass is 10.2. The summed E-state index contributed by atoms with van der Waals surface area (Å²) in [4.78, 5) is 15.0. The Morgan fingerprint density at radius 3 is 2.63 bits per heavy atom. The van der Waals surface area contributed by atoms with Crippen LogP contribution in [0.2, 0.25) is 0 Å². The SMILES string of the molecule is COc1ccc(OC)c(S(=O)(=O)NC(=O)COc2cccc3[nH]ccc23)c1. The molecule has 2 aromatic carbocycles. The maximum atomic E-state index is 12.5. The molecule has 0 fully saturated rings. The number of hydrogen-bond acceptors (Lipinski definition) is 6. The van der Waals surface area contributed by atoms with E-state index >= 15 is 0 Å². The second-order valence-electron chi connectivity index (χ2n) is 5.53. The van der Waals surface area contributed by atoms with E-state index in [4.69, 9.17) is 14.2 Å². The number of methoxy groups -OCH3 is 2. The Morgan fingerprint density at radius 2 is 1.89 bits per heavy atom. The van der Waals surface area contributed by atoms with Crippen molar-refractivity contribution in [1.29, 1.82) is 0 Å². The third-order valence-corrected chi connectivity index (χ3v) is 5.22. The van der Waals surface area contributed by atoms with Crippen molar-refractivity contribution in [3.63, 3.8) is 0 Å². The number of carbonyl (C=O) groups excluding carboxylic acids is 1. The number of H-pyrrole nitrogens is 1. The van der Waals surface area contributed by atoms with E-state index in [1.54, 1.807) is 30.5 Å². The number of hydrogen-bond donors (Lipinski definition) is 2. The van der Waals surface area contributed by atoms with Gasteiger partial charge in [-0.05, 0) is 30.3 Å². The number of amides is 1. The molecule has 8 nitrogen and oxygen atoms in total. The Bertz CT molecular complexity index is 1070. The number of fused-ring (bicyclic) bond motifs is 1. The van der Waals surface area contributed by atoms with E-state index in [0.29, 0.717) is 11.5 Å². The van der Waals surface area contributed by atoms with Gasteiger partial charge in [-0.3, -0.25) is 4.79 Å². The fourth-order valence-corrected chi connectivity index (χ4v) is 3.71. The minimum absolute atomic E-state index is 0.0918. The number of carbonyl (C=O) groups is 1. The summed E-state index contributed by atoms with van der Waals surface area (Å²) in [6.07, 6.45) is 1.75. The summed E-state index contributed by atoms with van der Waals surface area (Å²) >= 11 is 0. The minimum atomic E-state index is -4.16. The molecule has 0 saturated heterocycles. The molecule has 1 heterocycles. The van der Waals surface area contributed by atoms with Gasteiger partial charge in [0.2, 0.25) is 0 Å². The zero-order valence-electron chi connectivity index (χ0n) is 14.7. The molecule has 142 valence electrons. The van der Waals surface area contributed by atoms with Crippen molar-refractivity contribution >= 4 is 26.8 Å². The summed E-state index contributed by atoms with van der Waals surface area (Å²) in [5.74, 6) is 0.0702. The van der Waals surface area contributed by atoms with Crippen molar-refractivity contribution in [2.75, 3.05) is 20.8 Å². The Labute approximate surface area is 156 Å². The van der Waals surface area contributed by atoms with Crippen LogP contribution < -0.4 is 18.9 Å². The predicted octanol–water partition coefficient (Wildman–Crippen LogP) is 2.07. The number of ether oxygens (including phenoxy) is 3. The summed E-state index contributed by atoms with van der Waals surface area (Å²) in [6.45, 7) is -0.462. The zero-order chi connectivity index (χ0) is 19.4. The molecule has 0 spiro atoms. The number of benzene rings is 2. The Balaban J connectivity index is 1.74. The Morgan fingerprint density at radius 1 is 1.07 bits per heavy atom. The smallest absolute Gasteiger partial charge is 0.271 e. The topological polar surface area (TPSA) is 107 Å². The van der Waals surface area contributed by atoms with Crippen LogP contribution in [0.4, 0.5) is 0 Å². The van der Waals surface area contributed by atoms with Gasteiger partial charge in [0, 0.05) is 23.2 Å². The van der Waals surface area contributed by atoms with Crippen LogP contribution in [0.3, 0.4) is 0 Å². The summed E-state index contributed by atoms with van der Waals surface area (Å²) in [5.41, 5.74) is 0.849. The average Bonchev–Trinajstić information content (AvgIpc) is 3.14. The molecule has 0 atom stereocenters. The van der Waals surface area contributed by atoms with E-state index in [9.17, 15) is 13.2 Å². The largest absolute Gasteiger partial charge is 0.497 e. The molecule has 3 aromatic rings. The van der Waals surface area contributed by atoms with Crippen molar-refractivity contribution in [3.8, 4) is 17.2 Å². The molecule has 2 N–H and O–H groups in total. The molecular weight excluding hydrogens is 372 g/mol. The summed E-state index contributed by atoms with van der Waals surface area (Å²) in [5, 5.41) is 0.794. The molecule has 0 radical (unpaired) electrons. The number of aromatic amines is 1. The second-order valence-corrected chi connectivity index (χ2v) is 7.18. The Kier molecular flexibility index (Phi) is 5.22. The van der Waals surface area contributed by atoms with Gasteiger partial charge in [-0.1, -0.05) is 6.07 Å². The number of nitrogens with one attached hydrogen (secondary N) is 2. The lowest BCUT2D eigenvalue weighted by molar-refractivity contribution is -0.121. The van der Waals surface area contributed by atoms with Crippen LogP contribution in [-0.4, -0.2) is 40.1 Å². The van der Waals surface area contributed by atoms with Crippen molar-refractivity contribution in [2.45, 2.75) is 4.90 Å². The highest BCUT2D eigenvalue weighted by Gasteiger charge is 2.23. The third kappa shape index (κ3) is 3.98. The lowest BCUT2D eigenvalue weighted by Crippen LogP contribution is -2.34. The first-order valence-electron chi connectivity index (χ1n) is 7.91. The van der Waals surface area contributed by atoms with Crippen molar-refractivity contribution in [1.82, 2.24) is 9.71 Å². The van der Waals surface area contributed by atoms with Gasteiger partial charge in [0.25, 0.3) is 15.9 Å². The molecule has 0 aliphatic rings. The quantitative estimate of drug-likeness (QED) is 0.640. The monoisotopic (exact) mass is 390 g/mol. The van der Waals surface area contributed by atoms with E-state index in [1.807, 2.05) is 10.8 Å². The van der Waals surface area contributed by atoms with Crippen LogP contribution in [-0.2, 0) is 14.8 Å². The van der Waals surface area contributed by atoms with Crippen LogP contribution >= 0.6 is 0 Å². The Hall–Kier alpha value is -3.20. The van der Waals surface area contributed by atoms with Gasteiger partial charge in [0.1, 0.15) is 22.1 Å². The van der Waals surface area contributed by atoms with Gasteiger partial charge in [0.15, 0.2) is 6.61 Å². The summed E-state index contributed by atoms with van der Waals surface area (Å²) in [6, 6.07) is 11.4. The fraction of sp³-hybridized carbons (Fsp3) is 0.167. The first-order chi connectivity index (χ1) is 12.9. The molecule has 0 aliphatic carbocycles. The van der Waals surface area contributed by atoms with Crippen molar-refractivity contribution < 1.29 is 27.4 Å². The van der Waals surface area contributed by atoms with Crippen LogP contribution in [0.25, 0.3) is 10.9 Å². The van der Waals surface area contributed by atoms with Crippen LogP contribution in [0.1, 0.15) is 0 Å². The van der Waals surface area contributed by atoms with E-state index < -0.39 is 22.5 Å². The number of sulfonamides is 1. The van der Waals surface area contributed by atoms with E-state index in [0.717, 1.165) is 10.9 Å². The standard InChI is InChI=1S/C18H18N2O6S/c1-24-12-6-7-16(25-2)17(10-12)27(22,23)20-18(21)11-26-15-5-3-4-14-13(15)8-9-19-14/h3-10,19H,11H2,1-2H3,(H,20,21). The first kappa shape index (κ1) is 18.6. The van der Waals surface area contributed by atoms with E-state index in [1.165, 1.54) is 26.4 Å². The molecule has 0 unspecified atom stereocenters. The van der Waals surface area contributed by atoms with Gasteiger partial charge in [0.05, 0.1) is 14.2 Å². The van der Waals surface area contributed by atoms with Gasteiger partial charge >= 0.3 is 0 Å². The second kappa shape index (κ2) is 7.58. The van der Waals surface area contributed by atoms with Gasteiger partial charge in [-0.2, -0.15) is 0 Å². The molecule has 27 heavy (non-hydrogen) atoms. The minimum Gasteiger partial charge on any atom is -0.497 e. The molecule has 0 bridgehead atoms.